The summed E-state index contributed by atoms with van der Waals surface area (Å²) >= 11 is 0. The maximum Gasteiger partial charge on any atom is 0.269 e. The monoisotopic (exact) mass is 379 g/mol. The quantitative estimate of drug-likeness (QED) is 0.764. The molecule has 0 atom stereocenters. The van der Waals surface area contributed by atoms with E-state index in [4.69, 9.17) is 0 Å². The third-order valence-electron chi connectivity index (χ3n) is 3.52. The van der Waals surface area contributed by atoms with E-state index < -0.39 is 34.2 Å². The van der Waals surface area contributed by atoms with E-state index in [1.54, 1.807) is 24.3 Å². The Morgan fingerprint density at radius 1 is 1.00 bits per heavy atom. The SMILES string of the molecule is Cc1ccc(C(=O)NNC(=O)CN(C)S(=O)(=O)c2ccc(F)cc2)cc1. The van der Waals surface area contributed by atoms with Gasteiger partial charge < -0.3 is 0 Å². The van der Waals surface area contributed by atoms with Crippen molar-refractivity contribution in [3.8, 4) is 0 Å². The van der Waals surface area contributed by atoms with Crippen molar-refractivity contribution in [2.24, 2.45) is 0 Å². The van der Waals surface area contributed by atoms with Crippen molar-refractivity contribution in [3.63, 3.8) is 0 Å². The van der Waals surface area contributed by atoms with Crippen molar-refractivity contribution in [3.05, 3.63) is 65.5 Å². The molecule has 0 aliphatic rings. The lowest BCUT2D eigenvalue weighted by atomic mass is 10.1. The molecule has 0 aromatic heterocycles. The molecule has 0 aliphatic heterocycles. The number of aryl methyl sites for hydroxylation is 1. The zero-order chi connectivity index (χ0) is 19.3. The van der Waals surface area contributed by atoms with E-state index in [9.17, 15) is 22.4 Å². The molecular formula is C17H18FN3O4S. The van der Waals surface area contributed by atoms with Gasteiger partial charge in [0.15, 0.2) is 0 Å². The minimum Gasteiger partial charge on any atom is -0.272 e. The second-order valence-corrected chi connectivity index (χ2v) is 7.63. The molecule has 0 saturated heterocycles. The molecule has 0 aliphatic carbocycles. The first-order valence-electron chi connectivity index (χ1n) is 7.58. The molecule has 0 saturated carbocycles. The number of likely N-dealkylation sites (N-methyl/N-ethyl adjacent to an activating group) is 1. The normalized spacial score (nSPS) is 11.2. The van der Waals surface area contributed by atoms with Crippen LogP contribution in [0.5, 0.6) is 0 Å². The zero-order valence-electron chi connectivity index (χ0n) is 14.2. The summed E-state index contributed by atoms with van der Waals surface area (Å²) in [6.45, 7) is 1.36. The van der Waals surface area contributed by atoms with Crippen LogP contribution in [0, 0.1) is 12.7 Å². The van der Waals surface area contributed by atoms with Crippen molar-refractivity contribution in [1.29, 1.82) is 0 Å². The van der Waals surface area contributed by atoms with E-state index in [0.29, 0.717) is 5.56 Å². The Hall–Kier alpha value is -2.78. The molecule has 26 heavy (non-hydrogen) atoms. The van der Waals surface area contributed by atoms with Gasteiger partial charge in [0.05, 0.1) is 11.4 Å². The van der Waals surface area contributed by atoms with Gasteiger partial charge in [0.2, 0.25) is 10.0 Å². The molecule has 2 N–H and O–H groups in total. The van der Waals surface area contributed by atoms with Crippen LogP contribution in [0.15, 0.2) is 53.4 Å². The molecule has 0 bridgehead atoms. The zero-order valence-corrected chi connectivity index (χ0v) is 15.0. The highest BCUT2D eigenvalue weighted by Crippen LogP contribution is 2.14. The highest BCUT2D eigenvalue weighted by Gasteiger charge is 2.23. The van der Waals surface area contributed by atoms with E-state index in [1.807, 2.05) is 6.92 Å². The third kappa shape index (κ3) is 4.87. The Balaban J connectivity index is 1.93. The lowest BCUT2D eigenvalue weighted by molar-refractivity contribution is -0.121. The largest absolute Gasteiger partial charge is 0.272 e. The summed E-state index contributed by atoms with van der Waals surface area (Å²) in [5, 5.41) is 0. The van der Waals surface area contributed by atoms with Crippen LogP contribution in [0.25, 0.3) is 0 Å². The molecule has 2 aromatic carbocycles. The fraction of sp³-hybridized carbons (Fsp3) is 0.176. The molecule has 0 radical (unpaired) electrons. The van der Waals surface area contributed by atoms with E-state index in [0.717, 1.165) is 34.1 Å². The Bertz CT molecular complexity index is 897. The number of halogens is 1. The summed E-state index contributed by atoms with van der Waals surface area (Å²) in [5.41, 5.74) is 5.70. The molecule has 2 amide bonds. The Morgan fingerprint density at radius 3 is 2.15 bits per heavy atom. The highest BCUT2D eigenvalue weighted by atomic mass is 32.2. The van der Waals surface area contributed by atoms with Gasteiger partial charge in [0, 0.05) is 12.6 Å². The molecule has 7 nitrogen and oxygen atoms in total. The Labute approximate surface area is 150 Å². The number of amides is 2. The summed E-state index contributed by atoms with van der Waals surface area (Å²) in [5.74, 6) is -1.82. The van der Waals surface area contributed by atoms with Crippen LogP contribution in [0.4, 0.5) is 4.39 Å². The van der Waals surface area contributed by atoms with Crippen LogP contribution in [-0.2, 0) is 14.8 Å². The molecule has 2 rings (SSSR count). The molecule has 0 spiro atoms. The molecule has 138 valence electrons. The Kier molecular flexibility index (Phi) is 6.06. The molecule has 9 heteroatoms. The second-order valence-electron chi connectivity index (χ2n) is 5.58. The summed E-state index contributed by atoms with van der Waals surface area (Å²) in [7, 11) is -2.74. The minimum absolute atomic E-state index is 0.141. The number of benzene rings is 2. The number of hydrogen-bond donors (Lipinski definition) is 2. The van der Waals surface area contributed by atoms with Gasteiger partial charge in [-0.15, -0.1) is 0 Å². The number of nitrogens with one attached hydrogen (secondary N) is 2. The van der Waals surface area contributed by atoms with E-state index in [2.05, 4.69) is 10.9 Å². The molecule has 2 aromatic rings. The van der Waals surface area contributed by atoms with Crippen molar-refractivity contribution >= 4 is 21.8 Å². The summed E-state index contributed by atoms with van der Waals surface area (Å²) in [6.07, 6.45) is 0. The minimum atomic E-state index is -3.95. The van der Waals surface area contributed by atoms with Gasteiger partial charge in [-0.1, -0.05) is 17.7 Å². The van der Waals surface area contributed by atoms with Crippen LogP contribution in [0.2, 0.25) is 0 Å². The smallest absolute Gasteiger partial charge is 0.269 e. The first-order valence-corrected chi connectivity index (χ1v) is 9.02. The predicted molar refractivity (Wildman–Crippen MR) is 93.0 cm³/mol. The van der Waals surface area contributed by atoms with Gasteiger partial charge in [0.1, 0.15) is 5.82 Å². The lowest BCUT2D eigenvalue weighted by Gasteiger charge is -2.17. The van der Waals surface area contributed by atoms with Crippen LogP contribution < -0.4 is 10.9 Å². The highest BCUT2D eigenvalue weighted by molar-refractivity contribution is 7.89. The molecule has 0 unspecified atom stereocenters. The van der Waals surface area contributed by atoms with Gasteiger partial charge in [-0.2, -0.15) is 4.31 Å². The Morgan fingerprint density at radius 2 is 1.58 bits per heavy atom. The summed E-state index contributed by atoms with van der Waals surface area (Å²) in [6, 6.07) is 10.9. The van der Waals surface area contributed by atoms with Gasteiger partial charge in [-0.3, -0.25) is 20.4 Å². The van der Waals surface area contributed by atoms with Crippen molar-refractivity contribution < 1.29 is 22.4 Å². The van der Waals surface area contributed by atoms with Crippen LogP contribution in [0.1, 0.15) is 15.9 Å². The van der Waals surface area contributed by atoms with Gasteiger partial charge >= 0.3 is 0 Å². The van der Waals surface area contributed by atoms with Crippen molar-refractivity contribution in [2.75, 3.05) is 13.6 Å². The summed E-state index contributed by atoms with van der Waals surface area (Å²) < 4.78 is 38.3. The first kappa shape index (κ1) is 19.5. The second kappa shape index (κ2) is 8.07. The number of hydrazine groups is 1. The van der Waals surface area contributed by atoms with E-state index >= 15 is 0 Å². The van der Waals surface area contributed by atoms with Crippen LogP contribution >= 0.6 is 0 Å². The van der Waals surface area contributed by atoms with Crippen molar-refractivity contribution in [1.82, 2.24) is 15.2 Å². The van der Waals surface area contributed by atoms with Gasteiger partial charge in [0.25, 0.3) is 11.8 Å². The van der Waals surface area contributed by atoms with Gasteiger partial charge in [-0.05, 0) is 43.3 Å². The van der Waals surface area contributed by atoms with Crippen molar-refractivity contribution in [2.45, 2.75) is 11.8 Å². The number of carbonyl (C=O) groups is 2. The molecule has 0 fully saturated rings. The molecule has 0 heterocycles. The fourth-order valence-electron chi connectivity index (χ4n) is 2.02. The molecular weight excluding hydrogens is 361 g/mol. The number of nitrogens with zero attached hydrogens (tertiary/aromatic N) is 1. The van der Waals surface area contributed by atoms with Gasteiger partial charge in [-0.25, -0.2) is 12.8 Å². The number of carbonyl (C=O) groups excluding carboxylic acids is 2. The van der Waals surface area contributed by atoms with E-state index in [-0.39, 0.29) is 4.90 Å². The standard InChI is InChI=1S/C17H18FN3O4S/c1-12-3-5-13(6-4-12)17(23)20-19-16(22)11-21(2)26(24,25)15-9-7-14(18)8-10-15/h3-10H,11H2,1-2H3,(H,19,22)(H,20,23). The number of hydrogen-bond acceptors (Lipinski definition) is 4. The third-order valence-corrected chi connectivity index (χ3v) is 5.33. The maximum absolute atomic E-state index is 12.9. The number of sulfonamides is 1. The first-order chi connectivity index (χ1) is 12.2. The van der Waals surface area contributed by atoms with Crippen LogP contribution in [-0.4, -0.2) is 38.1 Å². The fourth-order valence-corrected chi connectivity index (χ4v) is 3.14. The number of rotatable bonds is 5. The lowest BCUT2D eigenvalue weighted by Crippen LogP contribution is -2.46. The average Bonchev–Trinajstić information content (AvgIpc) is 2.60. The van der Waals surface area contributed by atoms with Crippen LogP contribution in [0.3, 0.4) is 0 Å². The topological polar surface area (TPSA) is 95.6 Å². The average molecular weight is 379 g/mol. The summed E-state index contributed by atoms with van der Waals surface area (Å²) in [4.78, 5) is 23.6. The predicted octanol–water partition coefficient (Wildman–Crippen LogP) is 1.22. The maximum atomic E-state index is 12.9. The van der Waals surface area contributed by atoms with E-state index in [1.165, 1.54) is 7.05 Å².